The summed E-state index contributed by atoms with van der Waals surface area (Å²) < 4.78 is 9.88. The molecule has 0 amide bonds. The zero-order valence-electron chi connectivity index (χ0n) is 7.93. The van der Waals surface area contributed by atoms with Gasteiger partial charge in [-0.2, -0.15) is 0 Å². The number of carbonyl (C=O) groups excluding carboxylic acids is 2. The lowest BCUT2D eigenvalue weighted by Gasteiger charge is -2.09. The number of esters is 1. The maximum atomic E-state index is 11.4. The van der Waals surface area contributed by atoms with E-state index >= 15 is 0 Å². The number of rotatable bonds is 5. The molecule has 1 atom stereocenters. The molecule has 1 rings (SSSR count). The summed E-state index contributed by atoms with van der Waals surface area (Å²) in [6.07, 6.45) is 2.24. The van der Waals surface area contributed by atoms with Gasteiger partial charge in [-0.3, -0.25) is 4.79 Å². The highest BCUT2D eigenvalue weighted by Gasteiger charge is 2.23. The van der Waals surface area contributed by atoms with Crippen molar-refractivity contribution in [2.75, 3.05) is 6.61 Å². The molecule has 0 aliphatic heterocycles. The fourth-order valence-electron chi connectivity index (χ4n) is 1.16. The summed E-state index contributed by atoms with van der Waals surface area (Å²) in [7, 11) is 0. The maximum Gasteiger partial charge on any atom is 0.317 e. The largest absolute Gasteiger partial charge is 0.468 e. The van der Waals surface area contributed by atoms with Crippen molar-refractivity contribution in [2.45, 2.75) is 19.3 Å². The molecule has 0 fully saturated rings. The van der Waals surface area contributed by atoms with Crippen LogP contribution in [0, 0.1) is 0 Å². The highest BCUT2D eigenvalue weighted by molar-refractivity contribution is 5.80. The molecule has 0 saturated heterocycles. The molecule has 4 nitrogen and oxygen atoms in total. The molecule has 0 saturated carbocycles. The Morgan fingerprint density at radius 3 is 3.00 bits per heavy atom. The van der Waals surface area contributed by atoms with E-state index in [4.69, 9.17) is 9.15 Å². The summed E-state index contributed by atoms with van der Waals surface area (Å²) in [5, 5.41) is 0. The first-order chi connectivity index (χ1) is 6.79. The minimum absolute atomic E-state index is 0.0896. The van der Waals surface area contributed by atoms with Crippen LogP contribution in [0.2, 0.25) is 0 Å². The molecule has 0 bridgehead atoms. The second-order valence-electron chi connectivity index (χ2n) is 2.72. The van der Waals surface area contributed by atoms with Crippen LogP contribution in [0.1, 0.15) is 25.0 Å². The lowest BCUT2D eigenvalue weighted by atomic mass is 10.0. The third kappa shape index (κ3) is 2.45. The van der Waals surface area contributed by atoms with Gasteiger partial charge in [-0.15, -0.1) is 0 Å². The topological polar surface area (TPSA) is 56.5 Å². The quantitative estimate of drug-likeness (QED) is 0.529. The van der Waals surface area contributed by atoms with Crippen LogP contribution in [0.5, 0.6) is 0 Å². The van der Waals surface area contributed by atoms with Crippen molar-refractivity contribution in [3.8, 4) is 0 Å². The molecule has 1 heterocycles. The molecule has 14 heavy (non-hydrogen) atoms. The molecular formula is C10H12O4. The summed E-state index contributed by atoms with van der Waals surface area (Å²) in [5.74, 6) is -0.562. The number of carbonyl (C=O) groups is 2. The number of hydrogen-bond acceptors (Lipinski definition) is 4. The monoisotopic (exact) mass is 196 g/mol. The van der Waals surface area contributed by atoms with Crippen LogP contribution in [-0.2, 0) is 14.3 Å². The van der Waals surface area contributed by atoms with Crippen molar-refractivity contribution in [2.24, 2.45) is 0 Å². The molecule has 0 N–H and O–H groups in total. The second kappa shape index (κ2) is 5.21. The fraction of sp³-hybridized carbons (Fsp3) is 0.400. The van der Waals surface area contributed by atoms with Gasteiger partial charge >= 0.3 is 5.97 Å². The standard InChI is InChI=1S/C10H12O4/c1-2-13-10(12)8(5-6-11)9-4-3-7-14-9/h3-4,6-8H,2,5H2,1H3. The Bertz CT molecular complexity index is 289. The molecule has 1 aromatic heterocycles. The smallest absolute Gasteiger partial charge is 0.317 e. The average Bonchev–Trinajstić information content (AvgIpc) is 2.67. The Balaban J connectivity index is 2.73. The van der Waals surface area contributed by atoms with E-state index in [1.165, 1.54) is 6.26 Å². The van der Waals surface area contributed by atoms with E-state index in [-0.39, 0.29) is 6.42 Å². The van der Waals surface area contributed by atoms with Crippen molar-refractivity contribution in [3.05, 3.63) is 24.2 Å². The summed E-state index contributed by atoms with van der Waals surface area (Å²) in [6, 6.07) is 3.33. The fourth-order valence-corrected chi connectivity index (χ4v) is 1.16. The van der Waals surface area contributed by atoms with E-state index in [1.54, 1.807) is 19.1 Å². The Morgan fingerprint density at radius 1 is 1.71 bits per heavy atom. The predicted octanol–water partition coefficient (Wildman–Crippen LogP) is 1.52. The van der Waals surface area contributed by atoms with Crippen LogP contribution >= 0.6 is 0 Å². The van der Waals surface area contributed by atoms with Crippen LogP contribution in [0.4, 0.5) is 0 Å². The van der Waals surface area contributed by atoms with Crippen LogP contribution in [0.25, 0.3) is 0 Å². The van der Waals surface area contributed by atoms with Crippen molar-refractivity contribution < 1.29 is 18.7 Å². The van der Waals surface area contributed by atoms with E-state index in [0.29, 0.717) is 18.7 Å². The summed E-state index contributed by atoms with van der Waals surface area (Å²) in [5.41, 5.74) is 0. The average molecular weight is 196 g/mol. The molecule has 1 aromatic rings. The second-order valence-corrected chi connectivity index (χ2v) is 2.72. The van der Waals surface area contributed by atoms with Gasteiger partial charge in [-0.1, -0.05) is 0 Å². The van der Waals surface area contributed by atoms with Gasteiger partial charge in [0.05, 0.1) is 12.9 Å². The van der Waals surface area contributed by atoms with Gasteiger partial charge in [0.1, 0.15) is 18.0 Å². The summed E-state index contributed by atoms with van der Waals surface area (Å²) in [4.78, 5) is 21.8. The van der Waals surface area contributed by atoms with Gasteiger partial charge < -0.3 is 13.9 Å². The molecular weight excluding hydrogens is 184 g/mol. The first-order valence-electron chi connectivity index (χ1n) is 4.43. The zero-order chi connectivity index (χ0) is 10.4. The number of furan rings is 1. The van der Waals surface area contributed by atoms with Gasteiger partial charge in [0.2, 0.25) is 0 Å². The minimum atomic E-state index is -0.609. The van der Waals surface area contributed by atoms with Gasteiger partial charge in [0.15, 0.2) is 0 Å². The molecule has 0 spiro atoms. The van der Waals surface area contributed by atoms with E-state index in [0.717, 1.165) is 0 Å². The summed E-state index contributed by atoms with van der Waals surface area (Å²) >= 11 is 0. The van der Waals surface area contributed by atoms with Crippen molar-refractivity contribution >= 4 is 12.3 Å². The Labute approximate surface area is 81.9 Å². The molecule has 1 unspecified atom stereocenters. The van der Waals surface area contributed by atoms with Crippen molar-refractivity contribution in [1.29, 1.82) is 0 Å². The lowest BCUT2D eigenvalue weighted by molar-refractivity contribution is -0.146. The lowest BCUT2D eigenvalue weighted by Crippen LogP contribution is -2.15. The van der Waals surface area contributed by atoms with Crippen LogP contribution in [0.3, 0.4) is 0 Å². The van der Waals surface area contributed by atoms with Crippen LogP contribution in [0.15, 0.2) is 22.8 Å². The highest BCUT2D eigenvalue weighted by Crippen LogP contribution is 2.20. The van der Waals surface area contributed by atoms with E-state index < -0.39 is 11.9 Å². The molecule has 0 aromatic carbocycles. The Kier molecular flexibility index (Phi) is 3.91. The zero-order valence-corrected chi connectivity index (χ0v) is 7.93. The van der Waals surface area contributed by atoms with Crippen molar-refractivity contribution in [3.63, 3.8) is 0 Å². The van der Waals surface area contributed by atoms with Crippen LogP contribution in [-0.4, -0.2) is 18.9 Å². The number of ether oxygens (including phenoxy) is 1. The Morgan fingerprint density at radius 2 is 2.50 bits per heavy atom. The van der Waals surface area contributed by atoms with Crippen LogP contribution < -0.4 is 0 Å². The molecule has 0 radical (unpaired) electrons. The number of aldehydes is 1. The third-order valence-corrected chi connectivity index (χ3v) is 1.79. The van der Waals surface area contributed by atoms with E-state index in [1.807, 2.05) is 0 Å². The highest BCUT2D eigenvalue weighted by atomic mass is 16.5. The SMILES string of the molecule is CCOC(=O)C(CC=O)c1ccco1. The first kappa shape index (κ1) is 10.5. The van der Waals surface area contributed by atoms with Gasteiger partial charge in [-0.25, -0.2) is 0 Å². The van der Waals surface area contributed by atoms with E-state index in [2.05, 4.69) is 0 Å². The normalized spacial score (nSPS) is 12.1. The van der Waals surface area contributed by atoms with Gasteiger partial charge in [-0.05, 0) is 19.1 Å². The molecule has 4 heteroatoms. The third-order valence-electron chi connectivity index (χ3n) is 1.79. The molecule has 0 aliphatic rings. The van der Waals surface area contributed by atoms with Gasteiger partial charge in [0, 0.05) is 6.42 Å². The van der Waals surface area contributed by atoms with E-state index in [9.17, 15) is 9.59 Å². The maximum absolute atomic E-state index is 11.4. The minimum Gasteiger partial charge on any atom is -0.468 e. The van der Waals surface area contributed by atoms with Gasteiger partial charge in [0.25, 0.3) is 0 Å². The summed E-state index contributed by atoms with van der Waals surface area (Å²) in [6.45, 7) is 2.02. The van der Waals surface area contributed by atoms with Crippen molar-refractivity contribution in [1.82, 2.24) is 0 Å². The molecule has 76 valence electrons. The molecule has 0 aliphatic carbocycles. The Hall–Kier alpha value is -1.58. The first-order valence-corrected chi connectivity index (χ1v) is 4.43. The number of hydrogen-bond donors (Lipinski definition) is 0. The predicted molar refractivity (Wildman–Crippen MR) is 48.8 cm³/mol.